The molecular weight excluding hydrogens is 115 g/mol. The van der Waals surface area contributed by atoms with E-state index in [1.165, 1.54) is 12.3 Å². The molecule has 0 radical (unpaired) electrons. The first-order valence-corrected chi connectivity index (χ1v) is 2.84. The Balaban J connectivity index is 3.14. The topological polar surface area (TPSA) is 46.5 Å². The first-order valence-electron chi connectivity index (χ1n) is 1.71. The summed E-state index contributed by atoms with van der Waals surface area (Å²) in [4.78, 5) is 7.92. The van der Waals surface area contributed by atoms with Gasteiger partial charge in [0.2, 0.25) is 0 Å². The molecule has 1 atom stereocenters. The summed E-state index contributed by atoms with van der Waals surface area (Å²) < 4.78 is 13.7. The molecule has 0 rings (SSSR count). The zero-order chi connectivity index (χ0) is 5.70. The maximum atomic E-state index is 9.63. The molecule has 0 spiro atoms. The van der Waals surface area contributed by atoms with Gasteiger partial charge in [0.05, 0.1) is 0 Å². The highest BCUT2D eigenvalue weighted by Gasteiger charge is 2.05. The van der Waals surface area contributed by atoms with Crippen molar-refractivity contribution >= 4 is 8.25 Å². The van der Waals surface area contributed by atoms with E-state index in [4.69, 9.17) is 4.89 Å². The van der Waals surface area contributed by atoms with Crippen LogP contribution in [0.4, 0.5) is 0 Å². The van der Waals surface area contributed by atoms with Crippen LogP contribution in [0, 0.1) is 0 Å². The van der Waals surface area contributed by atoms with E-state index < -0.39 is 8.25 Å². The summed E-state index contributed by atoms with van der Waals surface area (Å²) in [6.07, 6.45) is 2.70. The number of hydrogen-bond donors (Lipinski definition) is 1. The molecule has 3 nitrogen and oxygen atoms in total. The van der Waals surface area contributed by atoms with E-state index in [9.17, 15) is 4.57 Å². The van der Waals surface area contributed by atoms with Crippen LogP contribution in [0.5, 0.6) is 0 Å². The fraction of sp³-hybridized carbons (Fsp3) is 0.333. The quantitative estimate of drug-likeness (QED) is 0.440. The molecule has 4 heteroatoms. The smallest absolute Gasteiger partial charge is 0.238 e. The van der Waals surface area contributed by atoms with Crippen LogP contribution in [0.2, 0.25) is 0 Å². The van der Waals surface area contributed by atoms with Crippen LogP contribution >= 0.6 is 8.25 Å². The van der Waals surface area contributed by atoms with E-state index in [0.29, 0.717) is 0 Å². The van der Waals surface area contributed by atoms with Gasteiger partial charge in [-0.15, -0.1) is 4.89 Å². The van der Waals surface area contributed by atoms with Crippen LogP contribution in [-0.4, -0.2) is 4.89 Å². The molecular formula is C3H6O3P+. The van der Waals surface area contributed by atoms with Crippen molar-refractivity contribution in [3.05, 3.63) is 12.3 Å². The highest BCUT2D eigenvalue weighted by molar-refractivity contribution is 7.32. The van der Waals surface area contributed by atoms with Gasteiger partial charge in [0.25, 0.3) is 0 Å². The van der Waals surface area contributed by atoms with Crippen LogP contribution in [0.3, 0.4) is 0 Å². The molecule has 0 aliphatic carbocycles. The van der Waals surface area contributed by atoms with Gasteiger partial charge < -0.3 is 0 Å². The molecule has 0 aliphatic heterocycles. The Morgan fingerprint density at radius 3 is 2.57 bits per heavy atom. The lowest BCUT2D eigenvalue weighted by atomic mass is 10.8. The molecule has 0 bridgehead atoms. The van der Waals surface area contributed by atoms with Gasteiger partial charge in [-0.3, -0.25) is 0 Å². The minimum absolute atomic E-state index is 1.17. The van der Waals surface area contributed by atoms with Crippen molar-refractivity contribution in [2.45, 2.75) is 6.92 Å². The van der Waals surface area contributed by atoms with Crippen molar-refractivity contribution in [1.82, 2.24) is 0 Å². The van der Waals surface area contributed by atoms with E-state index in [0.717, 1.165) is 0 Å². The molecule has 0 amide bonds. The van der Waals surface area contributed by atoms with Crippen LogP contribution in [0.1, 0.15) is 6.92 Å². The molecule has 40 valence electrons. The van der Waals surface area contributed by atoms with Crippen molar-refractivity contribution in [2.75, 3.05) is 0 Å². The van der Waals surface area contributed by atoms with Crippen LogP contribution in [0.15, 0.2) is 12.3 Å². The minimum atomic E-state index is -2.44. The largest absolute Gasteiger partial charge is 0.746 e. The van der Waals surface area contributed by atoms with Gasteiger partial charge in [0, 0.05) is 4.57 Å². The fourth-order valence-corrected chi connectivity index (χ4v) is 0.339. The van der Waals surface area contributed by atoms with E-state index in [1.54, 1.807) is 6.92 Å². The van der Waals surface area contributed by atoms with E-state index in [-0.39, 0.29) is 0 Å². The molecule has 1 N–H and O–H groups in total. The van der Waals surface area contributed by atoms with Crippen molar-refractivity contribution in [1.29, 1.82) is 0 Å². The summed E-state index contributed by atoms with van der Waals surface area (Å²) in [6, 6.07) is 0. The standard InChI is InChI=1S/C3H5O3P/c1-2-3-6-7(4)5/h2-3H,1H3/p+1/b3-2+. The maximum Gasteiger partial charge on any atom is 0.746 e. The summed E-state index contributed by atoms with van der Waals surface area (Å²) in [5.41, 5.74) is 0. The number of hydrogen-bond acceptors (Lipinski definition) is 2. The molecule has 0 aliphatic rings. The third-order valence-corrected chi connectivity index (χ3v) is 0.589. The van der Waals surface area contributed by atoms with Crippen molar-refractivity contribution in [3.8, 4) is 0 Å². The second-order valence-corrected chi connectivity index (χ2v) is 1.50. The second kappa shape index (κ2) is 3.78. The van der Waals surface area contributed by atoms with Gasteiger partial charge in [-0.2, -0.15) is 0 Å². The molecule has 0 aromatic heterocycles. The molecule has 7 heavy (non-hydrogen) atoms. The van der Waals surface area contributed by atoms with Crippen molar-refractivity contribution in [3.63, 3.8) is 0 Å². The summed E-state index contributed by atoms with van der Waals surface area (Å²) in [5, 5.41) is 0. The Labute approximate surface area is 42.6 Å². The Morgan fingerprint density at radius 2 is 2.43 bits per heavy atom. The van der Waals surface area contributed by atoms with Gasteiger partial charge in [0.15, 0.2) is 0 Å². The first-order chi connectivity index (χ1) is 3.27. The van der Waals surface area contributed by atoms with Gasteiger partial charge in [0.1, 0.15) is 6.26 Å². The minimum Gasteiger partial charge on any atom is -0.238 e. The van der Waals surface area contributed by atoms with E-state index >= 15 is 0 Å². The Hall–Kier alpha value is -0.400. The van der Waals surface area contributed by atoms with Crippen LogP contribution in [-0.2, 0) is 9.09 Å². The van der Waals surface area contributed by atoms with Crippen molar-refractivity contribution in [2.24, 2.45) is 0 Å². The lowest BCUT2D eigenvalue weighted by Crippen LogP contribution is -1.58. The lowest BCUT2D eigenvalue weighted by molar-refractivity contribution is 0.377. The molecule has 0 aromatic carbocycles. The predicted molar refractivity (Wildman–Crippen MR) is 25.7 cm³/mol. The normalized spacial score (nSPS) is 12.0. The van der Waals surface area contributed by atoms with E-state index in [2.05, 4.69) is 4.52 Å². The molecule has 1 unspecified atom stereocenters. The number of rotatable bonds is 2. The summed E-state index contributed by atoms with van der Waals surface area (Å²) in [6.45, 7) is 1.69. The fourth-order valence-electron chi connectivity index (χ4n) is 0.113. The monoisotopic (exact) mass is 121 g/mol. The highest BCUT2D eigenvalue weighted by atomic mass is 31.1. The number of allylic oxidation sites excluding steroid dienone is 1. The van der Waals surface area contributed by atoms with Crippen LogP contribution < -0.4 is 0 Å². The zero-order valence-corrected chi connectivity index (χ0v) is 4.76. The Bertz CT molecular complexity index is 88.2. The summed E-state index contributed by atoms with van der Waals surface area (Å²) >= 11 is 0. The molecule has 0 saturated heterocycles. The molecule has 0 heterocycles. The second-order valence-electron chi connectivity index (χ2n) is 0.813. The van der Waals surface area contributed by atoms with Gasteiger partial charge in [-0.05, 0) is 13.0 Å². The average molecular weight is 121 g/mol. The maximum absolute atomic E-state index is 9.63. The highest BCUT2D eigenvalue weighted by Crippen LogP contribution is 2.13. The average Bonchev–Trinajstić information content (AvgIpc) is 1.61. The van der Waals surface area contributed by atoms with Crippen molar-refractivity contribution < 1.29 is 14.0 Å². The first kappa shape index (κ1) is 6.60. The predicted octanol–water partition coefficient (Wildman–Crippen LogP) is 1.19. The van der Waals surface area contributed by atoms with Gasteiger partial charge in [-0.1, -0.05) is 0 Å². The SMILES string of the molecule is C/C=C/O[P+](=O)O. The molecule has 0 saturated carbocycles. The zero-order valence-electron chi connectivity index (χ0n) is 3.87. The lowest BCUT2D eigenvalue weighted by Gasteiger charge is -1.67. The summed E-state index contributed by atoms with van der Waals surface area (Å²) in [7, 11) is -2.44. The van der Waals surface area contributed by atoms with E-state index in [1.807, 2.05) is 0 Å². The Kier molecular flexibility index (Phi) is 3.56. The third kappa shape index (κ3) is 5.60. The Morgan fingerprint density at radius 1 is 1.86 bits per heavy atom. The molecule has 0 fully saturated rings. The third-order valence-electron chi connectivity index (χ3n) is 0.287. The molecule has 0 aromatic rings. The van der Waals surface area contributed by atoms with Crippen LogP contribution in [0.25, 0.3) is 0 Å². The summed E-state index contributed by atoms with van der Waals surface area (Å²) in [5.74, 6) is 0. The van der Waals surface area contributed by atoms with Gasteiger partial charge >= 0.3 is 8.25 Å². The van der Waals surface area contributed by atoms with Gasteiger partial charge in [-0.25, -0.2) is 4.52 Å².